The average molecular weight is 111 g/mol. The summed E-state index contributed by atoms with van der Waals surface area (Å²) < 4.78 is 0. The Morgan fingerprint density at radius 3 is 2.75 bits per heavy atom. The van der Waals surface area contributed by atoms with Gasteiger partial charge in [0, 0.05) is 12.2 Å². The van der Waals surface area contributed by atoms with Gasteiger partial charge in [0.1, 0.15) is 0 Å². The van der Waals surface area contributed by atoms with E-state index in [9.17, 15) is 0 Å². The number of nitriles is 1. The van der Waals surface area contributed by atoms with E-state index in [1.54, 1.807) is 0 Å². The van der Waals surface area contributed by atoms with Gasteiger partial charge >= 0.3 is 0 Å². The van der Waals surface area contributed by atoms with Crippen molar-refractivity contribution in [1.82, 2.24) is 0 Å². The van der Waals surface area contributed by atoms with Gasteiger partial charge in [-0.05, 0) is 12.8 Å². The Kier molecular flexibility index (Phi) is 3.91. The van der Waals surface area contributed by atoms with Crippen LogP contribution in [0.25, 0.3) is 0 Å². The second-order valence-electron chi connectivity index (χ2n) is 1.54. The Morgan fingerprint density at radius 1 is 1.75 bits per heavy atom. The molecule has 2 nitrogen and oxygen atoms in total. The first-order valence-electron chi connectivity index (χ1n) is 2.50. The molecule has 2 heteroatoms. The zero-order valence-electron chi connectivity index (χ0n) is 4.72. The SMILES string of the molecule is C=C(C#N)CCCO. The fraction of sp³-hybridized carbons (Fsp3) is 0.500. The van der Waals surface area contributed by atoms with Crippen molar-refractivity contribution < 1.29 is 5.11 Å². The molecule has 0 aromatic heterocycles. The predicted molar refractivity (Wildman–Crippen MR) is 31.1 cm³/mol. The molecule has 1 N–H and O–H groups in total. The fourth-order valence-corrected chi connectivity index (χ4v) is 0.348. The highest BCUT2D eigenvalue weighted by molar-refractivity contribution is 5.14. The molecule has 0 aromatic carbocycles. The predicted octanol–water partition coefficient (Wildman–Crippen LogP) is 0.839. The Morgan fingerprint density at radius 2 is 2.38 bits per heavy atom. The zero-order valence-corrected chi connectivity index (χ0v) is 4.72. The topological polar surface area (TPSA) is 44.0 Å². The molecule has 0 aromatic rings. The van der Waals surface area contributed by atoms with E-state index < -0.39 is 0 Å². The summed E-state index contributed by atoms with van der Waals surface area (Å²) in [5, 5.41) is 16.4. The van der Waals surface area contributed by atoms with Crippen LogP contribution in [0.2, 0.25) is 0 Å². The molecule has 0 saturated carbocycles. The first kappa shape index (κ1) is 7.19. The molecule has 8 heavy (non-hydrogen) atoms. The minimum absolute atomic E-state index is 0.140. The van der Waals surface area contributed by atoms with E-state index in [2.05, 4.69) is 6.58 Å². The number of hydrogen-bond acceptors (Lipinski definition) is 2. The summed E-state index contributed by atoms with van der Waals surface area (Å²) in [6.07, 6.45) is 1.26. The summed E-state index contributed by atoms with van der Waals surface area (Å²) in [6.45, 7) is 3.58. The third-order valence-electron chi connectivity index (χ3n) is 0.795. The molecule has 0 amide bonds. The van der Waals surface area contributed by atoms with Crippen LogP contribution in [0.4, 0.5) is 0 Å². The van der Waals surface area contributed by atoms with Gasteiger partial charge in [-0.1, -0.05) is 6.58 Å². The summed E-state index contributed by atoms with van der Waals surface area (Å²) in [7, 11) is 0. The molecule has 0 atom stereocenters. The van der Waals surface area contributed by atoms with Crippen molar-refractivity contribution >= 4 is 0 Å². The number of rotatable bonds is 3. The minimum Gasteiger partial charge on any atom is -0.396 e. The highest BCUT2D eigenvalue weighted by Gasteiger charge is 1.87. The molecule has 0 spiro atoms. The van der Waals surface area contributed by atoms with Crippen molar-refractivity contribution in [2.24, 2.45) is 0 Å². The lowest BCUT2D eigenvalue weighted by Crippen LogP contribution is -1.82. The summed E-state index contributed by atoms with van der Waals surface area (Å²) in [4.78, 5) is 0. The number of hydrogen-bond donors (Lipinski definition) is 1. The Bertz CT molecular complexity index is 112. The number of allylic oxidation sites excluding steroid dienone is 1. The summed E-state index contributed by atoms with van der Waals surface area (Å²) in [5.74, 6) is 0. The number of aliphatic hydroxyl groups excluding tert-OH is 1. The van der Waals surface area contributed by atoms with Gasteiger partial charge in [0.05, 0.1) is 6.07 Å². The van der Waals surface area contributed by atoms with Crippen LogP contribution in [0.15, 0.2) is 12.2 Å². The molecular weight excluding hydrogens is 102 g/mol. The molecule has 0 radical (unpaired) electrons. The van der Waals surface area contributed by atoms with Gasteiger partial charge in [0.25, 0.3) is 0 Å². The maximum Gasteiger partial charge on any atom is 0.0940 e. The summed E-state index contributed by atoms with van der Waals surface area (Å²) in [5.41, 5.74) is 0.541. The molecular formula is C6H9NO. The van der Waals surface area contributed by atoms with Crippen LogP contribution in [0.3, 0.4) is 0 Å². The van der Waals surface area contributed by atoms with Gasteiger partial charge in [-0.3, -0.25) is 0 Å². The molecule has 0 bridgehead atoms. The first-order chi connectivity index (χ1) is 3.81. The Labute approximate surface area is 49.1 Å². The highest BCUT2D eigenvalue weighted by atomic mass is 16.2. The van der Waals surface area contributed by atoms with Crippen LogP contribution in [0.1, 0.15) is 12.8 Å². The molecule has 0 unspecified atom stereocenters. The molecule has 0 heterocycles. The van der Waals surface area contributed by atoms with Crippen LogP contribution >= 0.6 is 0 Å². The van der Waals surface area contributed by atoms with Crippen LogP contribution in [0.5, 0.6) is 0 Å². The molecule has 0 rings (SSSR count). The molecule has 0 aliphatic heterocycles. The second kappa shape index (κ2) is 4.35. The molecule has 0 fully saturated rings. The van der Waals surface area contributed by atoms with Crippen molar-refractivity contribution in [2.75, 3.05) is 6.61 Å². The summed E-state index contributed by atoms with van der Waals surface area (Å²) in [6, 6.07) is 1.89. The van der Waals surface area contributed by atoms with E-state index in [1.165, 1.54) is 0 Å². The fourth-order valence-electron chi connectivity index (χ4n) is 0.348. The number of aliphatic hydroxyl groups is 1. The third kappa shape index (κ3) is 3.38. The van der Waals surface area contributed by atoms with Gasteiger partial charge in [0.15, 0.2) is 0 Å². The molecule has 0 aliphatic carbocycles. The van der Waals surface area contributed by atoms with E-state index in [1.807, 2.05) is 6.07 Å². The van der Waals surface area contributed by atoms with Crippen LogP contribution in [-0.2, 0) is 0 Å². The smallest absolute Gasteiger partial charge is 0.0940 e. The lowest BCUT2D eigenvalue weighted by molar-refractivity contribution is 0.289. The van der Waals surface area contributed by atoms with E-state index in [0.717, 1.165) is 0 Å². The van der Waals surface area contributed by atoms with E-state index in [0.29, 0.717) is 18.4 Å². The largest absolute Gasteiger partial charge is 0.396 e. The van der Waals surface area contributed by atoms with Gasteiger partial charge < -0.3 is 5.11 Å². The molecule has 0 saturated heterocycles. The van der Waals surface area contributed by atoms with Crippen molar-refractivity contribution in [1.29, 1.82) is 5.26 Å². The van der Waals surface area contributed by atoms with Crippen LogP contribution in [0, 0.1) is 11.3 Å². The maximum atomic E-state index is 8.26. The number of nitrogens with zero attached hydrogens (tertiary/aromatic N) is 1. The van der Waals surface area contributed by atoms with Gasteiger partial charge in [0.2, 0.25) is 0 Å². The van der Waals surface area contributed by atoms with E-state index >= 15 is 0 Å². The van der Waals surface area contributed by atoms with Crippen LogP contribution in [-0.4, -0.2) is 11.7 Å². The quantitative estimate of drug-likeness (QED) is 0.548. The van der Waals surface area contributed by atoms with Crippen LogP contribution < -0.4 is 0 Å². The maximum absolute atomic E-state index is 8.26. The monoisotopic (exact) mass is 111 g/mol. The zero-order chi connectivity index (χ0) is 6.41. The second-order valence-corrected chi connectivity index (χ2v) is 1.54. The minimum atomic E-state index is 0.140. The van der Waals surface area contributed by atoms with Crippen molar-refractivity contribution in [3.63, 3.8) is 0 Å². The average Bonchev–Trinajstić information content (AvgIpc) is 1.83. The standard InChI is InChI=1S/C6H9NO/c1-6(5-7)3-2-4-8/h8H,1-4H2. The summed E-state index contributed by atoms with van der Waals surface area (Å²) >= 11 is 0. The third-order valence-corrected chi connectivity index (χ3v) is 0.795. The van der Waals surface area contributed by atoms with E-state index in [4.69, 9.17) is 10.4 Å². The first-order valence-corrected chi connectivity index (χ1v) is 2.50. The lowest BCUT2D eigenvalue weighted by Gasteiger charge is -1.89. The highest BCUT2D eigenvalue weighted by Crippen LogP contribution is 1.97. The van der Waals surface area contributed by atoms with Gasteiger partial charge in [-0.2, -0.15) is 5.26 Å². The van der Waals surface area contributed by atoms with Gasteiger partial charge in [-0.25, -0.2) is 0 Å². The van der Waals surface area contributed by atoms with Crippen molar-refractivity contribution in [3.8, 4) is 6.07 Å². The van der Waals surface area contributed by atoms with E-state index in [-0.39, 0.29) is 6.61 Å². The van der Waals surface area contributed by atoms with Gasteiger partial charge in [-0.15, -0.1) is 0 Å². The molecule has 44 valence electrons. The Hall–Kier alpha value is -0.810. The van der Waals surface area contributed by atoms with Crippen molar-refractivity contribution in [2.45, 2.75) is 12.8 Å². The Balaban J connectivity index is 3.16. The van der Waals surface area contributed by atoms with Crippen molar-refractivity contribution in [3.05, 3.63) is 12.2 Å². The lowest BCUT2D eigenvalue weighted by atomic mass is 10.2. The molecule has 0 aliphatic rings. The normalized spacial score (nSPS) is 8.00.